The van der Waals surface area contributed by atoms with Gasteiger partial charge in [-0.25, -0.2) is 8.42 Å². The highest BCUT2D eigenvalue weighted by Gasteiger charge is 2.31. The van der Waals surface area contributed by atoms with Crippen molar-refractivity contribution < 1.29 is 13.5 Å². The summed E-state index contributed by atoms with van der Waals surface area (Å²) in [4.78, 5) is 3.23. The third-order valence-electron chi connectivity index (χ3n) is 3.43. The summed E-state index contributed by atoms with van der Waals surface area (Å²) in [5.74, 6) is 0.589. The number of nitrogens with zero attached hydrogens (tertiary/aromatic N) is 2. The fourth-order valence-corrected chi connectivity index (χ4v) is 6.37. The Morgan fingerprint density at radius 2 is 1.95 bits per heavy atom. The molecule has 8 heteroatoms. The Hall–Kier alpha value is 0.01000. The van der Waals surface area contributed by atoms with Gasteiger partial charge >= 0.3 is 0 Å². The molecule has 0 unspecified atom stereocenters. The second kappa shape index (κ2) is 7.06. The third-order valence-corrected chi connectivity index (χ3v) is 7.57. The Labute approximate surface area is 138 Å². The SMILES string of the molecule is CC(C)CN1CCN(S(=O)(=O)c2cc(CO)sc2Br)CC1. The van der Waals surface area contributed by atoms with Crippen LogP contribution >= 0.6 is 27.3 Å². The fourth-order valence-electron chi connectivity index (χ4n) is 2.46. The van der Waals surface area contributed by atoms with Crippen LogP contribution < -0.4 is 0 Å². The maximum atomic E-state index is 12.7. The molecule has 1 aliphatic heterocycles. The predicted molar refractivity (Wildman–Crippen MR) is 88.0 cm³/mol. The van der Waals surface area contributed by atoms with Gasteiger partial charge in [0.1, 0.15) is 4.90 Å². The summed E-state index contributed by atoms with van der Waals surface area (Å²) in [5, 5.41) is 9.14. The van der Waals surface area contributed by atoms with Gasteiger partial charge in [0.15, 0.2) is 0 Å². The van der Waals surface area contributed by atoms with E-state index in [0.29, 0.717) is 27.7 Å². The van der Waals surface area contributed by atoms with Crippen LogP contribution in [0, 0.1) is 5.92 Å². The minimum absolute atomic E-state index is 0.138. The number of hydrogen-bond acceptors (Lipinski definition) is 5. The molecular formula is C13H21BrN2O3S2. The van der Waals surface area contributed by atoms with Gasteiger partial charge in [0, 0.05) is 37.6 Å². The maximum Gasteiger partial charge on any atom is 0.245 e. The van der Waals surface area contributed by atoms with Crippen molar-refractivity contribution in [1.29, 1.82) is 0 Å². The molecule has 1 aromatic heterocycles. The Morgan fingerprint density at radius 3 is 2.43 bits per heavy atom. The molecule has 0 amide bonds. The number of aliphatic hydroxyl groups excluding tert-OH is 1. The monoisotopic (exact) mass is 396 g/mol. The molecule has 0 bridgehead atoms. The normalized spacial score (nSPS) is 18.5. The summed E-state index contributed by atoms with van der Waals surface area (Å²) >= 11 is 4.56. The molecule has 0 aromatic carbocycles. The second-order valence-corrected chi connectivity index (χ2v) is 9.97. The summed E-state index contributed by atoms with van der Waals surface area (Å²) in [6.07, 6.45) is 0. The first-order valence-electron chi connectivity index (χ1n) is 6.96. The van der Waals surface area contributed by atoms with E-state index in [1.165, 1.54) is 15.6 Å². The Kier molecular flexibility index (Phi) is 5.84. The van der Waals surface area contributed by atoms with Crippen molar-refractivity contribution in [3.05, 3.63) is 14.7 Å². The zero-order valence-corrected chi connectivity index (χ0v) is 15.5. The van der Waals surface area contributed by atoms with Crippen LogP contribution in [0.5, 0.6) is 0 Å². The number of sulfonamides is 1. The minimum atomic E-state index is -3.47. The van der Waals surface area contributed by atoms with E-state index in [-0.39, 0.29) is 11.5 Å². The average molecular weight is 397 g/mol. The molecule has 0 spiro atoms. The lowest BCUT2D eigenvalue weighted by Crippen LogP contribution is -2.49. The Balaban J connectivity index is 2.09. The first-order chi connectivity index (χ1) is 9.84. The summed E-state index contributed by atoms with van der Waals surface area (Å²) in [6, 6.07) is 1.56. The largest absolute Gasteiger partial charge is 0.391 e. The number of piperazine rings is 1. The van der Waals surface area contributed by atoms with Crippen LogP contribution in [0.15, 0.2) is 14.7 Å². The van der Waals surface area contributed by atoms with E-state index < -0.39 is 10.0 Å². The molecule has 0 aliphatic carbocycles. The van der Waals surface area contributed by atoms with Crippen LogP contribution in [-0.2, 0) is 16.6 Å². The molecule has 2 heterocycles. The number of halogens is 1. The molecule has 120 valence electrons. The number of thiophene rings is 1. The summed E-state index contributed by atoms with van der Waals surface area (Å²) < 4.78 is 27.4. The van der Waals surface area contributed by atoms with Crippen molar-refractivity contribution in [1.82, 2.24) is 9.21 Å². The van der Waals surface area contributed by atoms with Crippen molar-refractivity contribution in [3.63, 3.8) is 0 Å². The van der Waals surface area contributed by atoms with E-state index in [2.05, 4.69) is 34.7 Å². The van der Waals surface area contributed by atoms with Crippen LogP contribution in [0.1, 0.15) is 18.7 Å². The van der Waals surface area contributed by atoms with Gasteiger partial charge in [0.25, 0.3) is 0 Å². The zero-order valence-electron chi connectivity index (χ0n) is 12.2. The van der Waals surface area contributed by atoms with Gasteiger partial charge in [-0.05, 0) is 27.9 Å². The Morgan fingerprint density at radius 1 is 1.33 bits per heavy atom. The van der Waals surface area contributed by atoms with Gasteiger partial charge in [-0.3, -0.25) is 0 Å². The van der Waals surface area contributed by atoms with Crippen molar-refractivity contribution in [3.8, 4) is 0 Å². The smallest absolute Gasteiger partial charge is 0.245 e. The zero-order chi connectivity index (χ0) is 15.6. The molecule has 0 radical (unpaired) electrons. The van der Waals surface area contributed by atoms with Gasteiger partial charge in [0.2, 0.25) is 10.0 Å². The molecule has 1 saturated heterocycles. The molecule has 1 fully saturated rings. The van der Waals surface area contributed by atoms with Crippen LogP contribution in [0.25, 0.3) is 0 Å². The number of aliphatic hydroxyl groups is 1. The van der Waals surface area contributed by atoms with Crippen molar-refractivity contribution in [2.24, 2.45) is 5.92 Å². The quantitative estimate of drug-likeness (QED) is 0.826. The molecule has 1 aromatic rings. The van der Waals surface area contributed by atoms with E-state index in [1.807, 2.05) is 0 Å². The van der Waals surface area contributed by atoms with Gasteiger partial charge in [0.05, 0.1) is 10.4 Å². The second-order valence-electron chi connectivity index (χ2n) is 5.61. The highest BCUT2D eigenvalue weighted by Crippen LogP contribution is 2.33. The summed E-state index contributed by atoms with van der Waals surface area (Å²) in [7, 11) is -3.47. The number of rotatable bonds is 5. The lowest BCUT2D eigenvalue weighted by molar-refractivity contribution is 0.172. The molecule has 1 N–H and O–H groups in total. The fraction of sp³-hybridized carbons (Fsp3) is 0.692. The van der Waals surface area contributed by atoms with Crippen molar-refractivity contribution in [2.45, 2.75) is 25.3 Å². The molecule has 1 aliphatic rings. The number of hydrogen-bond donors (Lipinski definition) is 1. The van der Waals surface area contributed by atoms with Gasteiger partial charge in [-0.15, -0.1) is 11.3 Å². The third kappa shape index (κ3) is 4.05. The van der Waals surface area contributed by atoms with Crippen LogP contribution in [0.4, 0.5) is 0 Å². The maximum absolute atomic E-state index is 12.7. The van der Waals surface area contributed by atoms with Crippen LogP contribution in [0.3, 0.4) is 0 Å². The lowest BCUT2D eigenvalue weighted by atomic mass is 10.2. The van der Waals surface area contributed by atoms with E-state index >= 15 is 0 Å². The van der Waals surface area contributed by atoms with Crippen LogP contribution in [0.2, 0.25) is 0 Å². The van der Waals surface area contributed by atoms with E-state index in [9.17, 15) is 8.42 Å². The summed E-state index contributed by atoms with van der Waals surface area (Å²) in [5.41, 5.74) is 0. The highest BCUT2D eigenvalue weighted by molar-refractivity contribution is 9.11. The molecule has 0 saturated carbocycles. The molecule has 2 rings (SSSR count). The van der Waals surface area contributed by atoms with E-state index in [1.54, 1.807) is 6.07 Å². The van der Waals surface area contributed by atoms with Crippen molar-refractivity contribution >= 4 is 37.3 Å². The van der Waals surface area contributed by atoms with Gasteiger partial charge < -0.3 is 10.0 Å². The standard InChI is InChI=1S/C13H21BrN2O3S2/c1-10(2)8-15-3-5-16(6-4-15)21(18,19)12-7-11(9-17)20-13(12)14/h7,10,17H,3-6,8-9H2,1-2H3. The highest BCUT2D eigenvalue weighted by atomic mass is 79.9. The van der Waals surface area contributed by atoms with Crippen LogP contribution in [-0.4, -0.2) is 55.5 Å². The summed E-state index contributed by atoms with van der Waals surface area (Å²) in [6.45, 7) is 7.78. The average Bonchev–Trinajstić information content (AvgIpc) is 2.81. The van der Waals surface area contributed by atoms with Crippen molar-refractivity contribution in [2.75, 3.05) is 32.7 Å². The lowest BCUT2D eigenvalue weighted by Gasteiger charge is -2.34. The molecule has 0 atom stereocenters. The van der Waals surface area contributed by atoms with E-state index in [0.717, 1.165) is 19.6 Å². The Bertz CT molecular complexity index is 578. The molecule has 21 heavy (non-hydrogen) atoms. The topological polar surface area (TPSA) is 60.9 Å². The molecular weight excluding hydrogens is 376 g/mol. The first-order valence-corrected chi connectivity index (χ1v) is 10.0. The van der Waals surface area contributed by atoms with Gasteiger partial charge in [-0.2, -0.15) is 4.31 Å². The first kappa shape index (κ1) is 17.4. The molecule has 5 nitrogen and oxygen atoms in total. The minimum Gasteiger partial charge on any atom is -0.391 e. The van der Waals surface area contributed by atoms with Gasteiger partial charge in [-0.1, -0.05) is 13.8 Å². The predicted octanol–water partition coefficient (Wildman–Crippen LogP) is 1.97. The van der Waals surface area contributed by atoms with E-state index in [4.69, 9.17) is 5.11 Å².